The van der Waals surface area contributed by atoms with Gasteiger partial charge in [-0.3, -0.25) is 9.59 Å². The summed E-state index contributed by atoms with van der Waals surface area (Å²) in [6, 6.07) is 17.8. The molecule has 0 unspecified atom stereocenters. The molecular formula is C25H23ClN2O4. The van der Waals surface area contributed by atoms with Crippen LogP contribution < -0.4 is 0 Å². The number of ketones is 1. The number of fused-ring (bicyclic) bond motifs is 1. The Morgan fingerprint density at radius 3 is 2.59 bits per heavy atom. The molecule has 0 N–H and O–H groups in total. The van der Waals surface area contributed by atoms with Crippen molar-refractivity contribution < 1.29 is 19.1 Å². The smallest absolute Gasteiger partial charge is 0.357 e. The Bertz CT molecular complexity index is 1200. The number of para-hydroxylation sites is 1. The molecule has 0 spiro atoms. The number of hydrogen-bond acceptors (Lipinski definition) is 5. The summed E-state index contributed by atoms with van der Waals surface area (Å²) in [7, 11) is 1.57. The Kier molecular flexibility index (Phi) is 6.24. The van der Waals surface area contributed by atoms with Crippen molar-refractivity contribution in [2.45, 2.75) is 31.2 Å². The van der Waals surface area contributed by atoms with E-state index in [0.717, 1.165) is 18.2 Å². The van der Waals surface area contributed by atoms with E-state index in [1.54, 1.807) is 49.5 Å². The minimum Gasteiger partial charge on any atom is -0.451 e. The highest BCUT2D eigenvalue weighted by Crippen LogP contribution is 2.42. The lowest BCUT2D eigenvalue weighted by atomic mass is 9.74. The zero-order valence-corrected chi connectivity index (χ0v) is 18.5. The van der Waals surface area contributed by atoms with Crippen LogP contribution in [0.4, 0.5) is 0 Å². The molecule has 1 heterocycles. The predicted octanol–water partition coefficient (Wildman–Crippen LogP) is 4.54. The second-order valence-corrected chi connectivity index (χ2v) is 8.30. The molecule has 1 aromatic heterocycles. The third kappa shape index (κ3) is 3.98. The van der Waals surface area contributed by atoms with Gasteiger partial charge in [0, 0.05) is 29.4 Å². The van der Waals surface area contributed by atoms with Crippen molar-refractivity contribution in [3.05, 3.63) is 76.9 Å². The quantitative estimate of drug-likeness (QED) is 0.533. The van der Waals surface area contributed by atoms with Crippen LogP contribution in [0.2, 0.25) is 5.02 Å². The second kappa shape index (κ2) is 9.09. The number of amides is 1. The van der Waals surface area contributed by atoms with E-state index < -0.39 is 24.0 Å². The number of nitrogens with zero attached hydrogens (tertiary/aromatic N) is 2. The molecule has 3 aromatic rings. The van der Waals surface area contributed by atoms with Gasteiger partial charge in [0.15, 0.2) is 12.4 Å². The lowest BCUT2D eigenvalue weighted by Crippen LogP contribution is -2.55. The van der Waals surface area contributed by atoms with Crippen LogP contribution in [0.15, 0.2) is 60.7 Å². The van der Waals surface area contributed by atoms with E-state index in [4.69, 9.17) is 16.3 Å². The molecule has 164 valence electrons. The molecule has 4 rings (SSSR count). The van der Waals surface area contributed by atoms with E-state index in [1.807, 2.05) is 18.2 Å². The number of benzene rings is 2. The first-order valence-corrected chi connectivity index (χ1v) is 10.9. The van der Waals surface area contributed by atoms with E-state index in [2.05, 4.69) is 4.98 Å². The van der Waals surface area contributed by atoms with Gasteiger partial charge in [-0.15, -0.1) is 0 Å². The first kappa shape index (κ1) is 22.0. The predicted molar refractivity (Wildman–Crippen MR) is 121 cm³/mol. The number of carbonyl (C=O) groups is 3. The Hall–Kier alpha value is -3.25. The van der Waals surface area contributed by atoms with Crippen molar-refractivity contribution in [1.29, 1.82) is 0 Å². The molecule has 1 fully saturated rings. The molecule has 1 aliphatic carbocycles. The molecule has 32 heavy (non-hydrogen) atoms. The van der Waals surface area contributed by atoms with Crippen molar-refractivity contribution in [1.82, 2.24) is 9.88 Å². The minimum atomic E-state index is -1.17. The maximum Gasteiger partial charge on any atom is 0.357 e. The molecule has 6 nitrogen and oxygen atoms in total. The summed E-state index contributed by atoms with van der Waals surface area (Å²) in [6.07, 6.45) is 2.40. The highest BCUT2D eigenvalue weighted by atomic mass is 35.5. The van der Waals surface area contributed by atoms with Gasteiger partial charge >= 0.3 is 5.97 Å². The summed E-state index contributed by atoms with van der Waals surface area (Å²) >= 11 is 6.43. The van der Waals surface area contributed by atoms with Gasteiger partial charge in [-0.05, 0) is 37.5 Å². The minimum absolute atomic E-state index is 0.0600. The molecular weight excluding hydrogens is 428 g/mol. The highest BCUT2D eigenvalue weighted by Gasteiger charge is 2.48. The number of halogens is 1. The lowest BCUT2D eigenvalue weighted by molar-refractivity contribution is -0.150. The molecule has 0 radical (unpaired) electrons. The topological polar surface area (TPSA) is 76.6 Å². The SMILES string of the molecule is CN(C(=O)COC(=O)c1ccc2ccccc2n1)[C@@]1(c2ccccc2Cl)CCCCC1=O. The monoisotopic (exact) mass is 450 g/mol. The normalized spacial score (nSPS) is 18.4. The van der Waals surface area contributed by atoms with Gasteiger partial charge in [-0.2, -0.15) is 0 Å². The van der Waals surface area contributed by atoms with Crippen molar-refractivity contribution >= 4 is 40.2 Å². The average molecular weight is 451 g/mol. The fraction of sp³-hybridized carbons (Fsp3) is 0.280. The number of pyridine rings is 1. The van der Waals surface area contributed by atoms with Gasteiger partial charge in [0.2, 0.25) is 0 Å². The number of esters is 1. The summed E-state index contributed by atoms with van der Waals surface area (Å²) < 4.78 is 5.26. The van der Waals surface area contributed by atoms with Crippen molar-refractivity contribution in [2.24, 2.45) is 0 Å². The number of likely N-dealkylation sites (N-methyl/N-ethyl adjacent to an activating group) is 1. The molecule has 2 aromatic carbocycles. The number of carbonyl (C=O) groups excluding carboxylic acids is 3. The van der Waals surface area contributed by atoms with Crippen molar-refractivity contribution in [3.8, 4) is 0 Å². The number of ether oxygens (including phenoxy) is 1. The molecule has 7 heteroatoms. The lowest BCUT2D eigenvalue weighted by Gasteiger charge is -2.43. The molecule has 1 atom stereocenters. The van der Waals surface area contributed by atoms with Gasteiger partial charge < -0.3 is 9.64 Å². The van der Waals surface area contributed by atoms with Crippen LogP contribution in [0, 0.1) is 0 Å². The molecule has 0 saturated heterocycles. The highest BCUT2D eigenvalue weighted by molar-refractivity contribution is 6.31. The van der Waals surface area contributed by atoms with Gasteiger partial charge in [-0.1, -0.05) is 54.1 Å². The summed E-state index contributed by atoms with van der Waals surface area (Å²) in [4.78, 5) is 44.4. The van der Waals surface area contributed by atoms with Crippen LogP contribution in [0.5, 0.6) is 0 Å². The molecule has 1 saturated carbocycles. The van der Waals surface area contributed by atoms with E-state index in [9.17, 15) is 14.4 Å². The van der Waals surface area contributed by atoms with Crippen LogP contribution in [-0.2, 0) is 19.9 Å². The van der Waals surface area contributed by atoms with E-state index in [0.29, 0.717) is 28.9 Å². The summed E-state index contributed by atoms with van der Waals surface area (Å²) in [5.41, 5.74) is 0.218. The van der Waals surface area contributed by atoms with Gasteiger partial charge in [0.1, 0.15) is 11.2 Å². The first-order valence-electron chi connectivity index (χ1n) is 10.5. The van der Waals surface area contributed by atoms with Crippen LogP contribution in [0.25, 0.3) is 10.9 Å². The third-order valence-electron chi connectivity index (χ3n) is 6.05. The number of Topliss-reactive ketones (excluding diaryl/α,β-unsaturated/α-hetero) is 1. The van der Waals surface area contributed by atoms with Crippen molar-refractivity contribution in [3.63, 3.8) is 0 Å². The molecule has 1 aliphatic rings. The number of aromatic nitrogens is 1. The second-order valence-electron chi connectivity index (χ2n) is 7.89. The summed E-state index contributed by atoms with van der Waals surface area (Å²) in [6.45, 7) is -0.497. The fourth-order valence-corrected chi connectivity index (χ4v) is 4.61. The van der Waals surface area contributed by atoms with Crippen LogP contribution in [0.3, 0.4) is 0 Å². The zero-order chi connectivity index (χ0) is 22.7. The number of hydrogen-bond donors (Lipinski definition) is 0. The Labute approximate surface area is 191 Å². The Morgan fingerprint density at radius 2 is 1.81 bits per heavy atom. The van der Waals surface area contributed by atoms with Gasteiger partial charge in [-0.25, -0.2) is 9.78 Å². The third-order valence-corrected chi connectivity index (χ3v) is 6.38. The Balaban J connectivity index is 1.54. The summed E-state index contributed by atoms with van der Waals surface area (Å²) in [5.74, 6) is -1.23. The molecule has 0 aliphatic heterocycles. The zero-order valence-electron chi connectivity index (χ0n) is 17.7. The standard InChI is InChI=1S/C25H23ClN2O4/c1-28(25(15-7-6-12-22(25)29)18-9-3-4-10-19(18)26)23(30)16-32-24(31)21-14-13-17-8-2-5-11-20(17)27-21/h2-5,8-11,13-14H,6-7,12,15-16H2,1H3/t25-/m1/s1. The van der Waals surface area contributed by atoms with Gasteiger partial charge in [0.25, 0.3) is 5.91 Å². The van der Waals surface area contributed by atoms with Crippen molar-refractivity contribution in [2.75, 3.05) is 13.7 Å². The van der Waals surface area contributed by atoms with Crippen LogP contribution in [-0.4, -0.2) is 41.2 Å². The van der Waals surface area contributed by atoms with Crippen LogP contribution in [0.1, 0.15) is 41.7 Å². The van der Waals surface area contributed by atoms with E-state index >= 15 is 0 Å². The fourth-order valence-electron chi connectivity index (χ4n) is 4.32. The van der Waals surface area contributed by atoms with Crippen LogP contribution >= 0.6 is 11.6 Å². The maximum absolute atomic E-state index is 13.1. The van der Waals surface area contributed by atoms with E-state index in [-0.39, 0.29) is 11.5 Å². The molecule has 0 bridgehead atoms. The van der Waals surface area contributed by atoms with E-state index in [1.165, 1.54) is 4.90 Å². The Morgan fingerprint density at radius 1 is 1.06 bits per heavy atom. The largest absolute Gasteiger partial charge is 0.451 e. The summed E-state index contributed by atoms with van der Waals surface area (Å²) in [5, 5.41) is 1.33. The van der Waals surface area contributed by atoms with Gasteiger partial charge in [0.05, 0.1) is 5.52 Å². The maximum atomic E-state index is 13.1. The number of rotatable bonds is 5. The molecule has 1 amide bonds. The first-order chi connectivity index (χ1) is 15.4. The average Bonchev–Trinajstić information content (AvgIpc) is 2.82.